The zero-order valence-corrected chi connectivity index (χ0v) is 38.4. The maximum absolute atomic E-state index is 12.7. The van der Waals surface area contributed by atoms with Gasteiger partial charge >= 0.3 is 12.4 Å². The predicted molar refractivity (Wildman–Crippen MR) is 243 cm³/mol. The van der Waals surface area contributed by atoms with Crippen molar-refractivity contribution in [2.24, 2.45) is 11.8 Å². The van der Waals surface area contributed by atoms with Crippen LogP contribution in [0.2, 0.25) is 10.0 Å². The molecule has 0 amide bonds. The van der Waals surface area contributed by atoms with Gasteiger partial charge in [0, 0.05) is 66.0 Å². The molecular weight excluding hydrogens is 889 g/mol. The van der Waals surface area contributed by atoms with Crippen molar-refractivity contribution >= 4 is 23.2 Å². The van der Waals surface area contributed by atoms with E-state index in [1.807, 2.05) is 36.4 Å². The van der Waals surface area contributed by atoms with Gasteiger partial charge in [-0.2, -0.15) is 26.3 Å². The molecule has 4 aromatic carbocycles. The minimum absolute atomic E-state index is 0.0308. The lowest BCUT2D eigenvalue weighted by Crippen LogP contribution is -2.53. The van der Waals surface area contributed by atoms with Crippen molar-refractivity contribution in [1.29, 1.82) is 0 Å². The Kier molecular flexibility index (Phi) is 16.4. The molecular formula is C51H60Cl2F6N2O4. The van der Waals surface area contributed by atoms with Crippen LogP contribution < -0.4 is 9.47 Å². The molecule has 4 aromatic rings. The van der Waals surface area contributed by atoms with Gasteiger partial charge in [-0.05, 0) is 148 Å². The second-order valence-corrected chi connectivity index (χ2v) is 19.3. The van der Waals surface area contributed by atoms with E-state index in [0.717, 1.165) is 125 Å². The third-order valence-electron chi connectivity index (χ3n) is 14.3. The first-order valence-corrected chi connectivity index (χ1v) is 23.6. The molecule has 14 heteroatoms. The Hall–Kier alpha value is -3.52. The van der Waals surface area contributed by atoms with Crippen LogP contribution in [0.15, 0.2) is 97.1 Å². The number of hydrogen-bond donors (Lipinski definition) is 1. The van der Waals surface area contributed by atoms with Gasteiger partial charge in [-0.1, -0.05) is 60.3 Å². The first-order chi connectivity index (χ1) is 31.1. The Morgan fingerprint density at radius 1 is 0.585 bits per heavy atom. The highest BCUT2D eigenvalue weighted by Gasteiger charge is 2.47. The molecule has 8 rings (SSSR count). The Morgan fingerprint density at radius 2 is 0.985 bits per heavy atom. The van der Waals surface area contributed by atoms with E-state index in [1.54, 1.807) is 7.11 Å². The van der Waals surface area contributed by atoms with E-state index in [2.05, 4.69) is 21.9 Å². The van der Waals surface area contributed by atoms with Crippen molar-refractivity contribution in [2.45, 2.75) is 99.6 Å². The van der Waals surface area contributed by atoms with Crippen LogP contribution in [-0.4, -0.2) is 86.7 Å². The predicted octanol–water partition coefficient (Wildman–Crippen LogP) is 12.5. The van der Waals surface area contributed by atoms with Crippen LogP contribution in [0.5, 0.6) is 11.5 Å². The van der Waals surface area contributed by atoms with E-state index >= 15 is 0 Å². The monoisotopic (exact) mass is 948 g/mol. The highest BCUT2D eigenvalue weighted by molar-refractivity contribution is 6.30. The van der Waals surface area contributed by atoms with Crippen LogP contribution in [0, 0.1) is 11.8 Å². The Balaban J connectivity index is 0.000000194. The van der Waals surface area contributed by atoms with E-state index in [-0.39, 0.29) is 22.9 Å². The lowest BCUT2D eigenvalue weighted by Gasteiger charge is -2.49. The standard InChI is InChI=1S/C26H31ClF3NO2.C25H29ClF3NO2/c1-32-24(25(13-3-14-25)20-5-9-22(27)10-6-20)17-31-15-2-4-19(16-31)18-33-23-11-7-21(8-12-23)26(28,29)30;26-21-8-4-19(5-9-21)24(12-2-13-24)23(31)16-30-14-1-3-18(15-30)17-32-22-10-6-20(7-11-22)25(27,28)29/h5-12,19,24H,2-4,13-18H2,1H3;4-11,18,23,31H,1-3,12-17H2/t19-,24-;18-,23-/m11/s1. The number of benzene rings is 4. The molecule has 0 radical (unpaired) electrons. The number of hydrogen-bond acceptors (Lipinski definition) is 6. The van der Waals surface area contributed by atoms with Crippen LogP contribution in [0.25, 0.3) is 0 Å². The number of piperidine rings is 2. The number of alkyl halides is 6. The molecule has 2 heterocycles. The summed E-state index contributed by atoms with van der Waals surface area (Å²) in [6.45, 7) is 6.10. The van der Waals surface area contributed by atoms with Gasteiger partial charge in [0.25, 0.3) is 0 Å². The fourth-order valence-electron chi connectivity index (χ4n) is 10.2. The number of halogens is 8. The first kappa shape index (κ1) is 49.4. The molecule has 4 aliphatic rings. The van der Waals surface area contributed by atoms with E-state index in [0.29, 0.717) is 42.2 Å². The molecule has 0 bridgehead atoms. The van der Waals surface area contributed by atoms with E-state index in [9.17, 15) is 31.4 Å². The lowest BCUT2D eigenvalue weighted by atomic mass is 9.61. The Labute approximate surface area is 389 Å². The quantitative estimate of drug-likeness (QED) is 0.120. The van der Waals surface area contributed by atoms with E-state index < -0.39 is 29.6 Å². The largest absolute Gasteiger partial charge is 0.493 e. The molecule has 4 atom stereocenters. The van der Waals surface area contributed by atoms with Gasteiger partial charge in [0.05, 0.1) is 36.5 Å². The van der Waals surface area contributed by atoms with Crippen molar-refractivity contribution in [2.75, 3.05) is 59.6 Å². The average molecular weight is 950 g/mol. The number of rotatable bonds is 15. The first-order valence-electron chi connectivity index (χ1n) is 22.8. The normalized spacial score (nSPS) is 22.1. The maximum atomic E-state index is 12.7. The van der Waals surface area contributed by atoms with Gasteiger partial charge in [-0.25, -0.2) is 0 Å². The van der Waals surface area contributed by atoms with E-state index in [4.69, 9.17) is 37.4 Å². The number of likely N-dealkylation sites (tertiary alicyclic amines) is 2. The smallest absolute Gasteiger partial charge is 0.416 e. The van der Waals surface area contributed by atoms with Gasteiger partial charge in [0.1, 0.15) is 11.5 Å². The van der Waals surface area contributed by atoms with Gasteiger partial charge in [-0.15, -0.1) is 0 Å². The topological polar surface area (TPSA) is 54.4 Å². The molecule has 0 unspecified atom stereocenters. The van der Waals surface area contributed by atoms with Gasteiger partial charge in [-0.3, -0.25) is 0 Å². The summed E-state index contributed by atoms with van der Waals surface area (Å²) in [4.78, 5) is 4.75. The summed E-state index contributed by atoms with van der Waals surface area (Å²) < 4.78 is 94.0. The SMILES string of the molecule is CO[C@H](CN1CCC[C@@H](COc2ccc(C(F)(F)F)cc2)C1)C1(c2ccc(Cl)cc2)CCC1.O[C@H](CN1CCC[C@@H](COc2ccc(C(F)(F)F)cc2)C1)C1(c2ccc(Cl)cc2)CCC1. The fourth-order valence-corrected chi connectivity index (χ4v) is 10.5. The third-order valence-corrected chi connectivity index (χ3v) is 14.8. The minimum atomic E-state index is -4.34. The summed E-state index contributed by atoms with van der Waals surface area (Å²) in [7, 11) is 1.80. The number of aliphatic hydroxyl groups is 1. The van der Waals surface area contributed by atoms with Crippen LogP contribution in [-0.2, 0) is 27.9 Å². The summed E-state index contributed by atoms with van der Waals surface area (Å²) in [6, 6.07) is 25.8. The number of methoxy groups -OCH3 is 1. The summed E-state index contributed by atoms with van der Waals surface area (Å²) in [5.74, 6) is 1.55. The van der Waals surface area contributed by atoms with Crippen LogP contribution in [0.3, 0.4) is 0 Å². The zero-order valence-electron chi connectivity index (χ0n) is 36.9. The maximum Gasteiger partial charge on any atom is 0.416 e. The summed E-state index contributed by atoms with van der Waals surface area (Å²) in [5.41, 5.74) is 0.948. The van der Waals surface area contributed by atoms with Gasteiger partial charge in [0.2, 0.25) is 0 Å². The van der Waals surface area contributed by atoms with Crippen molar-refractivity contribution in [3.63, 3.8) is 0 Å². The molecule has 2 aliphatic carbocycles. The van der Waals surface area contributed by atoms with Crippen molar-refractivity contribution in [1.82, 2.24) is 9.80 Å². The fraction of sp³-hybridized carbons (Fsp3) is 0.529. The van der Waals surface area contributed by atoms with Crippen LogP contribution in [0.1, 0.15) is 86.5 Å². The number of nitrogens with zero attached hydrogens (tertiary/aromatic N) is 2. The summed E-state index contributed by atoms with van der Waals surface area (Å²) in [5, 5.41) is 12.6. The third kappa shape index (κ3) is 12.5. The van der Waals surface area contributed by atoms with Crippen molar-refractivity contribution in [3.8, 4) is 11.5 Å². The van der Waals surface area contributed by atoms with E-state index in [1.165, 1.54) is 36.2 Å². The number of ether oxygens (including phenoxy) is 3. The zero-order chi connectivity index (χ0) is 46.2. The minimum Gasteiger partial charge on any atom is -0.493 e. The molecule has 4 fully saturated rings. The van der Waals surface area contributed by atoms with Crippen molar-refractivity contribution in [3.05, 3.63) is 129 Å². The molecule has 65 heavy (non-hydrogen) atoms. The molecule has 0 aromatic heterocycles. The highest BCUT2D eigenvalue weighted by Crippen LogP contribution is 2.49. The second kappa shape index (κ2) is 21.6. The average Bonchev–Trinajstić information content (AvgIpc) is 3.25. The Morgan fingerprint density at radius 3 is 1.35 bits per heavy atom. The molecule has 354 valence electrons. The van der Waals surface area contributed by atoms with Gasteiger partial charge in [0.15, 0.2) is 0 Å². The summed E-state index contributed by atoms with van der Waals surface area (Å²) >= 11 is 12.2. The molecule has 2 aliphatic heterocycles. The van der Waals surface area contributed by atoms with Gasteiger partial charge < -0.3 is 29.1 Å². The van der Waals surface area contributed by atoms with Crippen LogP contribution in [0.4, 0.5) is 26.3 Å². The molecule has 2 saturated carbocycles. The highest BCUT2D eigenvalue weighted by atomic mass is 35.5. The molecule has 0 spiro atoms. The van der Waals surface area contributed by atoms with Crippen molar-refractivity contribution < 1.29 is 45.7 Å². The second-order valence-electron chi connectivity index (χ2n) is 18.5. The molecule has 1 N–H and O–H groups in total. The van der Waals surface area contributed by atoms with Crippen LogP contribution >= 0.6 is 23.2 Å². The number of aliphatic hydroxyl groups excluding tert-OH is 1. The summed E-state index contributed by atoms with van der Waals surface area (Å²) in [6.07, 6.45) is 1.62. The molecule has 6 nitrogen and oxygen atoms in total. The Bertz CT molecular complexity index is 2080. The molecule has 2 saturated heterocycles. The lowest BCUT2D eigenvalue weighted by molar-refractivity contribution is -0.138. The number of β-amino-alcohol motifs (C(OH)–C–C–N with tert-alkyl or cyclic N) is 1.